The molecule has 6 nitrogen and oxygen atoms in total. The summed E-state index contributed by atoms with van der Waals surface area (Å²) in [7, 11) is 0. The number of imidazole rings is 1. The molecule has 1 N–H and O–H groups in total. The van der Waals surface area contributed by atoms with Crippen LogP contribution in [0.1, 0.15) is 32.0 Å². The number of nitrogens with zero attached hydrogens (tertiary/aromatic N) is 3. The van der Waals surface area contributed by atoms with Gasteiger partial charge in [0.05, 0.1) is 0 Å². The molecule has 0 bridgehead atoms. The molecule has 0 radical (unpaired) electrons. The van der Waals surface area contributed by atoms with Gasteiger partial charge in [-0.1, -0.05) is 26.8 Å². The highest BCUT2D eigenvalue weighted by atomic mass is 16.7. The Morgan fingerprint density at radius 3 is 2.79 bits per heavy atom. The maximum atomic E-state index is 5.45. The summed E-state index contributed by atoms with van der Waals surface area (Å²) < 4.78 is 12.9. The van der Waals surface area contributed by atoms with Crippen molar-refractivity contribution in [2.24, 2.45) is 0 Å². The zero-order valence-corrected chi connectivity index (χ0v) is 14.0. The van der Waals surface area contributed by atoms with Crippen molar-refractivity contribution in [1.82, 2.24) is 19.7 Å². The van der Waals surface area contributed by atoms with Crippen LogP contribution in [0.4, 0.5) is 0 Å². The molecule has 0 aliphatic carbocycles. The Kier molecular flexibility index (Phi) is 3.33. The first-order chi connectivity index (χ1) is 11.5. The summed E-state index contributed by atoms with van der Waals surface area (Å²) in [6.45, 7) is 7.46. The van der Waals surface area contributed by atoms with E-state index in [4.69, 9.17) is 9.47 Å². The second-order valence-electron chi connectivity index (χ2n) is 6.98. The summed E-state index contributed by atoms with van der Waals surface area (Å²) in [5.74, 6) is 2.44. The van der Waals surface area contributed by atoms with E-state index < -0.39 is 0 Å². The average Bonchev–Trinajstić information content (AvgIpc) is 3.26. The molecule has 3 heterocycles. The molecule has 1 aromatic carbocycles. The van der Waals surface area contributed by atoms with Crippen LogP contribution in [0, 0.1) is 0 Å². The van der Waals surface area contributed by atoms with Gasteiger partial charge >= 0.3 is 0 Å². The van der Waals surface area contributed by atoms with Gasteiger partial charge in [-0.3, -0.25) is 5.10 Å². The Labute approximate surface area is 140 Å². The van der Waals surface area contributed by atoms with Crippen molar-refractivity contribution in [3.8, 4) is 23.0 Å². The third-order valence-electron chi connectivity index (χ3n) is 4.12. The third kappa shape index (κ3) is 2.64. The van der Waals surface area contributed by atoms with E-state index in [0.717, 1.165) is 34.3 Å². The van der Waals surface area contributed by atoms with E-state index in [9.17, 15) is 0 Å². The number of fused-ring (bicyclic) bond motifs is 1. The van der Waals surface area contributed by atoms with Crippen molar-refractivity contribution in [2.75, 3.05) is 6.79 Å². The van der Waals surface area contributed by atoms with Gasteiger partial charge in [-0.05, 0) is 23.8 Å². The maximum absolute atomic E-state index is 5.45. The highest BCUT2D eigenvalue weighted by Gasteiger charge is 2.19. The largest absolute Gasteiger partial charge is 0.454 e. The first-order valence-electron chi connectivity index (χ1n) is 7.96. The van der Waals surface area contributed by atoms with E-state index in [-0.39, 0.29) is 12.2 Å². The molecule has 6 heteroatoms. The molecule has 0 saturated heterocycles. The summed E-state index contributed by atoms with van der Waals surface area (Å²) in [5.41, 5.74) is 3.10. The highest BCUT2D eigenvalue weighted by Crippen LogP contribution is 2.33. The van der Waals surface area contributed by atoms with Crippen molar-refractivity contribution >= 4 is 0 Å². The Morgan fingerprint density at radius 1 is 1.17 bits per heavy atom. The molecule has 0 unspecified atom stereocenters. The summed E-state index contributed by atoms with van der Waals surface area (Å²) in [4.78, 5) is 4.47. The number of ether oxygens (including phenoxy) is 2. The third-order valence-corrected chi connectivity index (χ3v) is 4.12. The normalized spacial score (nSPS) is 13.5. The highest BCUT2D eigenvalue weighted by molar-refractivity contribution is 5.51. The van der Waals surface area contributed by atoms with Crippen molar-refractivity contribution in [1.29, 1.82) is 0 Å². The van der Waals surface area contributed by atoms with Gasteiger partial charge in [-0.2, -0.15) is 5.10 Å². The standard InChI is InChI=1S/C18H20N4O2/c1-18(2,3)16-9-13(20-21-16)17-19-6-7-22(17)10-12-4-5-14-15(8-12)24-11-23-14/h4-9H,10-11H2,1-3H3,(H,20,21). The zero-order valence-electron chi connectivity index (χ0n) is 14.0. The lowest BCUT2D eigenvalue weighted by molar-refractivity contribution is 0.174. The van der Waals surface area contributed by atoms with Gasteiger partial charge in [0.25, 0.3) is 0 Å². The molecule has 0 saturated carbocycles. The fourth-order valence-corrected chi connectivity index (χ4v) is 2.73. The van der Waals surface area contributed by atoms with E-state index in [2.05, 4.69) is 46.6 Å². The van der Waals surface area contributed by atoms with Gasteiger partial charge in [0.15, 0.2) is 17.3 Å². The summed E-state index contributed by atoms with van der Waals surface area (Å²) in [6.07, 6.45) is 3.76. The van der Waals surface area contributed by atoms with Crippen LogP contribution in [0.3, 0.4) is 0 Å². The van der Waals surface area contributed by atoms with E-state index in [1.165, 1.54) is 0 Å². The lowest BCUT2D eigenvalue weighted by atomic mass is 9.92. The first kappa shape index (κ1) is 14.8. The van der Waals surface area contributed by atoms with Crippen LogP contribution >= 0.6 is 0 Å². The molecule has 0 spiro atoms. The van der Waals surface area contributed by atoms with Crippen LogP contribution < -0.4 is 9.47 Å². The van der Waals surface area contributed by atoms with Crippen LogP contribution in [0.5, 0.6) is 11.5 Å². The molecule has 2 aromatic heterocycles. The Balaban J connectivity index is 1.62. The topological polar surface area (TPSA) is 65.0 Å². The number of aromatic amines is 1. The van der Waals surface area contributed by atoms with Gasteiger partial charge in [0, 0.05) is 30.0 Å². The smallest absolute Gasteiger partial charge is 0.231 e. The van der Waals surface area contributed by atoms with E-state index in [0.29, 0.717) is 6.54 Å². The fraction of sp³-hybridized carbons (Fsp3) is 0.333. The van der Waals surface area contributed by atoms with Gasteiger partial charge < -0.3 is 14.0 Å². The summed E-state index contributed by atoms with van der Waals surface area (Å²) in [5, 5.41) is 7.55. The van der Waals surface area contributed by atoms with Crippen LogP contribution in [0.2, 0.25) is 0 Å². The Bertz CT molecular complexity index is 873. The number of benzene rings is 1. The van der Waals surface area contributed by atoms with E-state index in [1.807, 2.05) is 24.4 Å². The van der Waals surface area contributed by atoms with Crippen LogP contribution in [-0.4, -0.2) is 26.5 Å². The second kappa shape index (κ2) is 5.40. The molecular formula is C18H20N4O2. The Morgan fingerprint density at radius 2 is 2.00 bits per heavy atom. The molecule has 1 aliphatic heterocycles. The fourth-order valence-electron chi connectivity index (χ4n) is 2.73. The molecule has 3 aromatic rings. The predicted molar refractivity (Wildman–Crippen MR) is 90.2 cm³/mol. The zero-order chi connectivity index (χ0) is 16.7. The van der Waals surface area contributed by atoms with Crippen molar-refractivity contribution in [2.45, 2.75) is 32.7 Å². The van der Waals surface area contributed by atoms with Crippen LogP contribution in [-0.2, 0) is 12.0 Å². The molecule has 24 heavy (non-hydrogen) atoms. The van der Waals surface area contributed by atoms with Crippen molar-refractivity contribution in [3.63, 3.8) is 0 Å². The minimum Gasteiger partial charge on any atom is -0.454 e. The monoisotopic (exact) mass is 324 g/mol. The molecule has 124 valence electrons. The number of aromatic nitrogens is 4. The molecular weight excluding hydrogens is 304 g/mol. The van der Waals surface area contributed by atoms with Gasteiger partial charge in [0.2, 0.25) is 6.79 Å². The number of hydrogen-bond donors (Lipinski definition) is 1. The average molecular weight is 324 g/mol. The number of nitrogens with one attached hydrogen (secondary N) is 1. The maximum Gasteiger partial charge on any atom is 0.231 e. The molecule has 0 amide bonds. The quantitative estimate of drug-likeness (QED) is 0.802. The predicted octanol–water partition coefficient (Wildman–Crippen LogP) is 3.35. The number of rotatable bonds is 3. The van der Waals surface area contributed by atoms with Crippen molar-refractivity contribution in [3.05, 3.63) is 47.9 Å². The van der Waals surface area contributed by atoms with Gasteiger partial charge in [0.1, 0.15) is 5.69 Å². The summed E-state index contributed by atoms with van der Waals surface area (Å²) >= 11 is 0. The minimum atomic E-state index is 0.0278. The minimum absolute atomic E-state index is 0.0278. The summed E-state index contributed by atoms with van der Waals surface area (Å²) in [6, 6.07) is 8.07. The van der Waals surface area contributed by atoms with Crippen LogP contribution in [0.25, 0.3) is 11.5 Å². The molecule has 0 atom stereocenters. The number of hydrogen-bond acceptors (Lipinski definition) is 4. The molecule has 0 fully saturated rings. The Hall–Kier alpha value is -2.76. The van der Waals surface area contributed by atoms with Gasteiger partial charge in [-0.15, -0.1) is 0 Å². The van der Waals surface area contributed by atoms with Crippen molar-refractivity contribution < 1.29 is 9.47 Å². The van der Waals surface area contributed by atoms with E-state index >= 15 is 0 Å². The number of H-pyrrole nitrogens is 1. The second-order valence-corrected chi connectivity index (χ2v) is 6.98. The van der Waals surface area contributed by atoms with Crippen LogP contribution in [0.15, 0.2) is 36.7 Å². The SMILES string of the molecule is CC(C)(C)c1cc(-c2nccn2Cc2ccc3c(c2)OCO3)n[nH]1. The van der Waals surface area contributed by atoms with E-state index in [1.54, 1.807) is 6.20 Å². The van der Waals surface area contributed by atoms with Gasteiger partial charge in [-0.25, -0.2) is 4.98 Å². The molecule has 1 aliphatic rings. The first-order valence-corrected chi connectivity index (χ1v) is 7.96. The lowest BCUT2D eigenvalue weighted by Crippen LogP contribution is -2.11. The molecule has 4 rings (SSSR count). The lowest BCUT2D eigenvalue weighted by Gasteiger charge is -2.14.